The number of aliphatic hydroxyl groups is 1. The molecule has 3 rings (SSSR count). The minimum absolute atomic E-state index is 0.105. The zero-order chi connectivity index (χ0) is 16.1. The van der Waals surface area contributed by atoms with Gasteiger partial charge in [-0.3, -0.25) is 4.79 Å². The van der Waals surface area contributed by atoms with E-state index < -0.39 is 0 Å². The zero-order valence-electron chi connectivity index (χ0n) is 13.2. The third-order valence-corrected chi connectivity index (χ3v) is 5.01. The van der Waals surface area contributed by atoms with Crippen LogP contribution in [0.15, 0.2) is 17.3 Å². The molecular formula is C15H24N4O2S. The minimum Gasteiger partial charge on any atom is -0.400 e. The second kappa shape index (κ2) is 7.80. The lowest BCUT2D eigenvalue weighted by Crippen LogP contribution is -2.26. The molecule has 0 saturated carbocycles. The molecule has 1 aliphatic heterocycles. The van der Waals surface area contributed by atoms with Crippen molar-refractivity contribution in [1.82, 2.24) is 20.3 Å². The first-order chi connectivity index (χ1) is 10.6. The van der Waals surface area contributed by atoms with E-state index in [1.807, 2.05) is 18.0 Å². The van der Waals surface area contributed by atoms with Gasteiger partial charge in [-0.1, -0.05) is 13.8 Å². The van der Waals surface area contributed by atoms with Crippen molar-refractivity contribution in [3.63, 3.8) is 0 Å². The van der Waals surface area contributed by atoms with Gasteiger partial charge in [0.25, 0.3) is 5.56 Å². The Morgan fingerprint density at radius 3 is 2.86 bits per heavy atom. The van der Waals surface area contributed by atoms with E-state index in [-0.39, 0.29) is 5.56 Å². The molecule has 0 unspecified atom stereocenters. The average Bonchev–Trinajstić information content (AvgIpc) is 3.14. The van der Waals surface area contributed by atoms with Crippen LogP contribution in [-0.2, 0) is 0 Å². The van der Waals surface area contributed by atoms with Crippen LogP contribution < -0.4 is 10.9 Å². The van der Waals surface area contributed by atoms with Gasteiger partial charge in [0.15, 0.2) is 0 Å². The predicted octanol–water partition coefficient (Wildman–Crippen LogP) is 1.79. The van der Waals surface area contributed by atoms with Gasteiger partial charge >= 0.3 is 0 Å². The Hall–Kier alpha value is -1.31. The largest absolute Gasteiger partial charge is 0.400 e. The first kappa shape index (κ1) is 17.1. The molecule has 2 aromatic heterocycles. The van der Waals surface area contributed by atoms with E-state index >= 15 is 0 Å². The van der Waals surface area contributed by atoms with Crippen LogP contribution in [0, 0.1) is 0 Å². The SMILES string of the molecule is CC(C)SC[C@@H]1CC[C@H](c2c[nH]c3c(=O)[nH]cnc23)N1.CO. The summed E-state index contributed by atoms with van der Waals surface area (Å²) in [5.41, 5.74) is 2.38. The Kier molecular flexibility index (Phi) is 6.05. The number of hydrogen-bond donors (Lipinski definition) is 4. The molecule has 7 heteroatoms. The second-order valence-corrected chi connectivity index (χ2v) is 7.18. The molecular weight excluding hydrogens is 300 g/mol. The lowest BCUT2D eigenvalue weighted by atomic mass is 10.1. The first-order valence-electron chi connectivity index (χ1n) is 7.52. The number of aliphatic hydroxyl groups excluding tert-OH is 1. The van der Waals surface area contributed by atoms with E-state index in [1.165, 1.54) is 12.7 Å². The maximum Gasteiger partial charge on any atom is 0.275 e. The fourth-order valence-corrected chi connectivity index (χ4v) is 3.62. The van der Waals surface area contributed by atoms with Gasteiger partial charge in [-0.15, -0.1) is 0 Å². The summed E-state index contributed by atoms with van der Waals surface area (Å²) in [6.07, 6.45) is 5.68. The molecule has 1 aliphatic rings. The highest BCUT2D eigenvalue weighted by atomic mass is 32.2. The molecule has 0 aromatic carbocycles. The molecule has 1 fully saturated rings. The number of aromatic amines is 2. The summed E-state index contributed by atoms with van der Waals surface area (Å²) in [5, 5.41) is 11.3. The van der Waals surface area contributed by atoms with Crippen molar-refractivity contribution in [3.8, 4) is 0 Å². The van der Waals surface area contributed by atoms with Crippen molar-refractivity contribution >= 4 is 22.8 Å². The molecule has 0 amide bonds. The van der Waals surface area contributed by atoms with Crippen molar-refractivity contribution in [2.75, 3.05) is 12.9 Å². The highest BCUT2D eigenvalue weighted by molar-refractivity contribution is 7.99. The van der Waals surface area contributed by atoms with Crippen LogP contribution >= 0.6 is 11.8 Å². The quantitative estimate of drug-likeness (QED) is 0.688. The summed E-state index contributed by atoms with van der Waals surface area (Å²) >= 11 is 1.99. The van der Waals surface area contributed by atoms with Crippen LogP contribution in [0.2, 0.25) is 0 Å². The summed E-state index contributed by atoms with van der Waals surface area (Å²) < 4.78 is 0. The first-order valence-corrected chi connectivity index (χ1v) is 8.57. The molecule has 122 valence electrons. The van der Waals surface area contributed by atoms with Gasteiger partial charge < -0.3 is 20.4 Å². The molecule has 3 heterocycles. The third-order valence-electron chi connectivity index (χ3n) is 3.75. The molecule has 2 aromatic rings. The van der Waals surface area contributed by atoms with Gasteiger partial charge in [0, 0.05) is 36.7 Å². The standard InChI is InChI=1S/C14H20N4OS.CH4O/c1-8(2)20-6-9-3-4-11(18-9)10-5-15-13-12(10)16-7-17-14(13)19;1-2/h5,7-9,11,15,18H,3-4,6H2,1-2H3,(H,16,17,19);2H,1H3/t9-,11+;/m0./s1. The van der Waals surface area contributed by atoms with E-state index in [1.54, 1.807) is 0 Å². The summed E-state index contributed by atoms with van der Waals surface area (Å²) in [6, 6.07) is 0.857. The van der Waals surface area contributed by atoms with Gasteiger partial charge in [-0.25, -0.2) is 4.98 Å². The average molecular weight is 324 g/mol. The third kappa shape index (κ3) is 3.71. The molecule has 0 radical (unpaired) electrons. The van der Waals surface area contributed by atoms with Crippen molar-refractivity contribution in [2.45, 2.75) is 44.0 Å². The van der Waals surface area contributed by atoms with Crippen LogP contribution in [-0.4, -0.2) is 44.2 Å². The molecule has 6 nitrogen and oxygen atoms in total. The second-order valence-electron chi connectivity index (χ2n) is 5.57. The van der Waals surface area contributed by atoms with Crippen LogP contribution in [0.25, 0.3) is 11.0 Å². The van der Waals surface area contributed by atoms with Crippen molar-refractivity contribution in [1.29, 1.82) is 0 Å². The fourth-order valence-electron chi connectivity index (χ4n) is 2.74. The lowest BCUT2D eigenvalue weighted by Gasteiger charge is -2.14. The number of H-pyrrole nitrogens is 2. The van der Waals surface area contributed by atoms with Crippen LogP contribution in [0.5, 0.6) is 0 Å². The van der Waals surface area contributed by atoms with E-state index in [2.05, 4.69) is 34.1 Å². The van der Waals surface area contributed by atoms with Crippen LogP contribution in [0.4, 0.5) is 0 Å². The maximum atomic E-state index is 11.7. The van der Waals surface area contributed by atoms with Crippen LogP contribution in [0.1, 0.15) is 38.3 Å². The number of aromatic nitrogens is 3. The molecule has 22 heavy (non-hydrogen) atoms. The Morgan fingerprint density at radius 1 is 1.36 bits per heavy atom. The fraction of sp³-hybridized carbons (Fsp3) is 0.600. The molecule has 2 atom stereocenters. The van der Waals surface area contributed by atoms with E-state index in [9.17, 15) is 4.79 Å². The summed E-state index contributed by atoms with van der Waals surface area (Å²) in [5.74, 6) is 1.14. The Labute approximate surface area is 134 Å². The van der Waals surface area contributed by atoms with Crippen molar-refractivity contribution < 1.29 is 5.11 Å². The smallest absolute Gasteiger partial charge is 0.275 e. The Bertz CT molecular complexity index is 652. The lowest BCUT2D eigenvalue weighted by molar-refractivity contribution is 0.399. The molecule has 0 aliphatic carbocycles. The van der Waals surface area contributed by atoms with Gasteiger partial charge in [0.05, 0.1) is 6.33 Å². The number of fused-ring (bicyclic) bond motifs is 1. The van der Waals surface area contributed by atoms with E-state index in [0.717, 1.165) is 30.4 Å². The minimum atomic E-state index is -0.105. The normalized spacial score (nSPS) is 21.1. The monoisotopic (exact) mass is 324 g/mol. The number of rotatable bonds is 4. The van der Waals surface area contributed by atoms with Gasteiger partial charge in [-0.05, 0) is 18.1 Å². The number of nitrogens with one attached hydrogen (secondary N) is 3. The molecule has 4 N–H and O–H groups in total. The maximum absolute atomic E-state index is 11.7. The van der Waals surface area contributed by atoms with E-state index in [0.29, 0.717) is 22.9 Å². The van der Waals surface area contributed by atoms with Crippen molar-refractivity contribution in [3.05, 3.63) is 28.4 Å². The molecule has 0 spiro atoms. The van der Waals surface area contributed by atoms with Crippen molar-refractivity contribution in [2.24, 2.45) is 0 Å². The van der Waals surface area contributed by atoms with Crippen LogP contribution in [0.3, 0.4) is 0 Å². The number of thioether (sulfide) groups is 1. The topological polar surface area (TPSA) is 93.8 Å². The van der Waals surface area contributed by atoms with Gasteiger partial charge in [-0.2, -0.15) is 11.8 Å². The van der Waals surface area contributed by atoms with Gasteiger partial charge in [0.1, 0.15) is 11.0 Å². The Balaban J connectivity index is 0.000000847. The summed E-state index contributed by atoms with van der Waals surface area (Å²) in [4.78, 5) is 21.7. The highest BCUT2D eigenvalue weighted by Crippen LogP contribution is 2.31. The Morgan fingerprint density at radius 2 is 2.14 bits per heavy atom. The highest BCUT2D eigenvalue weighted by Gasteiger charge is 2.27. The molecule has 1 saturated heterocycles. The number of hydrogen-bond acceptors (Lipinski definition) is 5. The molecule has 0 bridgehead atoms. The summed E-state index contributed by atoms with van der Waals surface area (Å²) in [6.45, 7) is 4.46. The summed E-state index contributed by atoms with van der Waals surface area (Å²) in [7, 11) is 1.00. The predicted molar refractivity (Wildman–Crippen MR) is 91.3 cm³/mol. The number of nitrogens with zero attached hydrogens (tertiary/aromatic N) is 1. The van der Waals surface area contributed by atoms with Gasteiger partial charge in [0.2, 0.25) is 0 Å². The van der Waals surface area contributed by atoms with E-state index in [4.69, 9.17) is 5.11 Å². The zero-order valence-corrected chi connectivity index (χ0v) is 14.0.